The molecular weight excluding hydrogens is 253 g/mol. The number of hydrogen-bond donors (Lipinski definition) is 1. The third kappa shape index (κ3) is 16.0. The minimum Gasteiger partial charge on any atom is -0.316 e. The average molecular weight is 277 g/mol. The molecule has 0 aromatic carbocycles. The van der Waals surface area contributed by atoms with E-state index in [-0.39, 0.29) is 17.8 Å². The second-order valence-corrected chi connectivity index (χ2v) is 5.44. The first-order valence-corrected chi connectivity index (χ1v) is 5.56. The SMILES string of the molecule is CN(CCCNCC(C)(C)C)CC(F)(F)F.Cl. The van der Waals surface area contributed by atoms with Crippen LogP contribution in [-0.4, -0.2) is 44.3 Å². The summed E-state index contributed by atoms with van der Waals surface area (Å²) in [6.45, 7) is 7.65. The Morgan fingerprint density at radius 1 is 1.12 bits per heavy atom. The molecule has 0 atom stereocenters. The molecule has 0 amide bonds. The van der Waals surface area contributed by atoms with Crippen molar-refractivity contribution in [3.63, 3.8) is 0 Å². The van der Waals surface area contributed by atoms with E-state index in [1.165, 1.54) is 11.9 Å². The second kappa shape index (κ2) is 8.16. The summed E-state index contributed by atoms with van der Waals surface area (Å²) < 4.78 is 35.9. The van der Waals surface area contributed by atoms with E-state index < -0.39 is 12.7 Å². The van der Waals surface area contributed by atoms with Crippen LogP contribution < -0.4 is 5.32 Å². The zero-order valence-corrected chi connectivity index (χ0v) is 11.8. The quantitative estimate of drug-likeness (QED) is 0.751. The minimum absolute atomic E-state index is 0. The van der Waals surface area contributed by atoms with E-state index >= 15 is 0 Å². The Kier molecular flexibility index (Phi) is 9.29. The number of alkyl halides is 3. The van der Waals surface area contributed by atoms with Gasteiger partial charge in [0, 0.05) is 0 Å². The van der Waals surface area contributed by atoms with E-state index in [2.05, 4.69) is 26.1 Å². The van der Waals surface area contributed by atoms with Crippen molar-refractivity contribution in [1.82, 2.24) is 10.2 Å². The van der Waals surface area contributed by atoms with Gasteiger partial charge in [0.1, 0.15) is 0 Å². The molecule has 17 heavy (non-hydrogen) atoms. The fourth-order valence-electron chi connectivity index (χ4n) is 1.32. The molecule has 1 N–H and O–H groups in total. The van der Waals surface area contributed by atoms with E-state index in [1.807, 2.05) is 0 Å². The molecule has 0 spiro atoms. The average Bonchev–Trinajstić information content (AvgIpc) is 1.97. The lowest BCUT2D eigenvalue weighted by molar-refractivity contribution is -0.143. The van der Waals surface area contributed by atoms with Gasteiger partial charge < -0.3 is 5.32 Å². The fourth-order valence-corrected chi connectivity index (χ4v) is 1.32. The Bertz CT molecular complexity index is 190. The maximum absolute atomic E-state index is 12.0. The molecular formula is C11H24ClF3N2. The Morgan fingerprint density at radius 2 is 1.65 bits per heavy atom. The van der Waals surface area contributed by atoms with Crippen LogP contribution in [0.5, 0.6) is 0 Å². The van der Waals surface area contributed by atoms with Crippen LogP contribution in [0.25, 0.3) is 0 Å². The lowest BCUT2D eigenvalue weighted by Gasteiger charge is -2.20. The summed E-state index contributed by atoms with van der Waals surface area (Å²) in [5, 5.41) is 3.24. The number of hydrogen-bond acceptors (Lipinski definition) is 2. The van der Waals surface area contributed by atoms with Gasteiger partial charge in [0.05, 0.1) is 6.54 Å². The van der Waals surface area contributed by atoms with Gasteiger partial charge in [-0.3, -0.25) is 4.90 Å². The monoisotopic (exact) mass is 276 g/mol. The third-order valence-electron chi connectivity index (χ3n) is 2.00. The standard InChI is InChI=1S/C11H23F3N2.ClH/c1-10(2,3)8-15-6-5-7-16(4)9-11(12,13)14;/h15H,5-9H2,1-4H3;1H. The van der Waals surface area contributed by atoms with E-state index in [4.69, 9.17) is 0 Å². The zero-order chi connectivity index (χ0) is 12.8. The number of rotatable bonds is 6. The lowest BCUT2D eigenvalue weighted by Crippen LogP contribution is -2.34. The molecule has 0 fully saturated rings. The van der Waals surface area contributed by atoms with Crippen molar-refractivity contribution < 1.29 is 13.2 Å². The van der Waals surface area contributed by atoms with E-state index in [1.54, 1.807) is 0 Å². The first-order chi connectivity index (χ1) is 7.10. The van der Waals surface area contributed by atoms with Gasteiger partial charge in [0.2, 0.25) is 0 Å². The third-order valence-corrected chi connectivity index (χ3v) is 2.00. The normalized spacial score (nSPS) is 12.7. The second-order valence-electron chi connectivity index (χ2n) is 5.44. The van der Waals surface area contributed by atoms with Crippen LogP contribution in [-0.2, 0) is 0 Å². The predicted octanol–water partition coefficient (Wildman–Crippen LogP) is 2.93. The summed E-state index contributed by atoms with van der Waals surface area (Å²) in [6, 6.07) is 0. The maximum atomic E-state index is 12.0. The van der Waals surface area contributed by atoms with Crippen LogP contribution in [0.4, 0.5) is 13.2 Å². The van der Waals surface area contributed by atoms with Gasteiger partial charge in [-0.1, -0.05) is 20.8 Å². The Morgan fingerprint density at radius 3 is 2.06 bits per heavy atom. The Balaban J connectivity index is 0. The molecule has 0 heterocycles. The molecule has 0 rings (SSSR count). The molecule has 2 nitrogen and oxygen atoms in total. The molecule has 0 unspecified atom stereocenters. The number of nitrogens with one attached hydrogen (secondary N) is 1. The lowest BCUT2D eigenvalue weighted by atomic mass is 9.97. The summed E-state index contributed by atoms with van der Waals surface area (Å²) in [6.07, 6.45) is -3.35. The predicted molar refractivity (Wildman–Crippen MR) is 67.7 cm³/mol. The maximum Gasteiger partial charge on any atom is 0.401 e. The van der Waals surface area contributed by atoms with Crippen LogP contribution in [0.3, 0.4) is 0 Å². The summed E-state index contributed by atoms with van der Waals surface area (Å²) in [7, 11) is 1.50. The van der Waals surface area contributed by atoms with Crippen molar-refractivity contribution in [1.29, 1.82) is 0 Å². The highest BCUT2D eigenvalue weighted by molar-refractivity contribution is 5.85. The highest BCUT2D eigenvalue weighted by atomic mass is 35.5. The van der Waals surface area contributed by atoms with Crippen molar-refractivity contribution >= 4 is 12.4 Å². The molecule has 0 aliphatic rings. The van der Waals surface area contributed by atoms with Crippen LogP contribution in [0.15, 0.2) is 0 Å². The van der Waals surface area contributed by atoms with E-state index in [0.717, 1.165) is 19.5 Å². The van der Waals surface area contributed by atoms with Gasteiger partial charge in [0.15, 0.2) is 0 Å². The Hall–Kier alpha value is -0.0000000000000000555. The van der Waals surface area contributed by atoms with Gasteiger partial charge >= 0.3 is 6.18 Å². The van der Waals surface area contributed by atoms with E-state index in [9.17, 15) is 13.2 Å². The zero-order valence-electron chi connectivity index (χ0n) is 11.0. The highest BCUT2D eigenvalue weighted by Crippen LogP contribution is 2.15. The summed E-state index contributed by atoms with van der Waals surface area (Å²) in [5.74, 6) is 0. The minimum atomic E-state index is -4.09. The topological polar surface area (TPSA) is 15.3 Å². The van der Waals surface area contributed by atoms with E-state index in [0.29, 0.717) is 6.54 Å². The molecule has 0 aliphatic carbocycles. The van der Waals surface area contributed by atoms with Crippen molar-refractivity contribution in [2.45, 2.75) is 33.4 Å². The summed E-state index contributed by atoms with van der Waals surface area (Å²) in [4.78, 5) is 1.30. The van der Waals surface area contributed by atoms with Crippen LogP contribution in [0.1, 0.15) is 27.2 Å². The van der Waals surface area contributed by atoms with Crippen LogP contribution >= 0.6 is 12.4 Å². The van der Waals surface area contributed by atoms with Crippen molar-refractivity contribution in [2.24, 2.45) is 5.41 Å². The molecule has 106 valence electrons. The molecule has 0 radical (unpaired) electrons. The van der Waals surface area contributed by atoms with Crippen molar-refractivity contribution in [2.75, 3.05) is 33.2 Å². The summed E-state index contributed by atoms with van der Waals surface area (Å²) >= 11 is 0. The molecule has 0 aromatic heterocycles. The van der Waals surface area contributed by atoms with Crippen molar-refractivity contribution in [3.8, 4) is 0 Å². The van der Waals surface area contributed by atoms with Gasteiger partial charge in [-0.25, -0.2) is 0 Å². The smallest absolute Gasteiger partial charge is 0.316 e. The first-order valence-electron chi connectivity index (χ1n) is 5.56. The molecule has 0 aromatic rings. The number of halogens is 4. The Labute approximate surface area is 108 Å². The van der Waals surface area contributed by atoms with Gasteiger partial charge in [-0.2, -0.15) is 13.2 Å². The highest BCUT2D eigenvalue weighted by Gasteiger charge is 2.28. The van der Waals surface area contributed by atoms with Gasteiger partial charge in [0.25, 0.3) is 0 Å². The molecule has 0 bridgehead atoms. The number of nitrogens with zero attached hydrogens (tertiary/aromatic N) is 1. The molecule has 0 saturated heterocycles. The largest absolute Gasteiger partial charge is 0.401 e. The fraction of sp³-hybridized carbons (Fsp3) is 1.00. The van der Waals surface area contributed by atoms with Crippen molar-refractivity contribution in [3.05, 3.63) is 0 Å². The van der Waals surface area contributed by atoms with Crippen LogP contribution in [0, 0.1) is 5.41 Å². The summed E-state index contributed by atoms with van der Waals surface area (Å²) in [5.41, 5.74) is 0.220. The molecule has 0 aliphatic heterocycles. The van der Waals surface area contributed by atoms with Gasteiger partial charge in [-0.05, 0) is 38.5 Å². The molecule has 0 saturated carbocycles. The van der Waals surface area contributed by atoms with Crippen LogP contribution in [0.2, 0.25) is 0 Å². The first kappa shape index (κ1) is 19.3. The van der Waals surface area contributed by atoms with Gasteiger partial charge in [-0.15, -0.1) is 12.4 Å². The molecule has 6 heteroatoms.